The highest BCUT2D eigenvalue weighted by atomic mass is 16.7. The van der Waals surface area contributed by atoms with E-state index in [-0.39, 0.29) is 5.79 Å². The molecule has 0 aromatic heterocycles. The van der Waals surface area contributed by atoms with Gasteiger partial charge in [0.05, 0.1) is 13.2 Å². The Morgan fingerprint density at radius 1 is 1.18 bits per heavy atom. The maximum absolute atomic E-state index is 6.01. The van der Waals surface area contributed by atoms with Gasteiger partial charge in [-0.05, 0) is 50.4 Å². The molecule has 2 heteroatoms. The average Bonchev–Trinajstić information content (AvgIpc) is 2.89. The van der Waals surface area contributed by atoms with E-state index in [4.69, 9.17) is 9.47 Å². The summed E-state index contributed by atoms with van der Waals surface area (Å²) < 4.78 is 12.0. The fourth-order valence-corrected chi connectivity index (χ4v) is 5.13. The first-order valence-corrected chi connectivity index (χ1v) is 7.20. The average molecular weight is 234 g/mol. The number of hydrogen-bond donors (Lipinski definition) is 0. The Bertz CT molecular complexity index is 367. The molecule has 1 aliphatic heterocycles. The summed E-state index contributed by atoms with van der Waals surface area (Å²) in [4.78, 5) is 0. The highest BCUT2D eigenvalue weighted by Crippen LogP contribution is 2.65. The van der Waals surface area contributed by atoms with Gasteiger partial charge < -0.3 is 9.47 Å². The lowest BCUT2D eigenvalue weighted by Gasteiger charge is -2.45. The van der Waals surface area contributed by atoms with Crippen LogP contribution in [0, 0.1) is 17.3 Å². The summed E-state index contributed by atoms with van der Waals surface area (Å²) in [5.41, 5.74) is 2.20. The Morgan fingerprint density at radius 3 is 2.82 bits per heavy atom. The van der Waals surface area contributed by atoms with Crippen LogP contribution in [0.2, 0.25) is 0 Å². The number of fused-ring (bicyclic) bond motifs is 2. The molecule has 0 amide bonds. The highest BCUT2D eigenvalue weighted by Gasteiger charge is 2.61. The summed E-state index contributed by atoms with van der Waals surface area (Å²) in [6.07, 6.45) is 10.2. The molecular weight excluding hydrogens is 212 g/mol. The summed E-state index contributed by atoms with van der Waals surface area (Å²) in [6.45, 7) is 3.98. The minimum absolute atomic E-state index is 0.178. The van der Waals surface area contributed by atoms with Crippen LogP contribution in [0.25, 0.3) is 0 Å². The van der Waals surface area contributed by atoms with Crippen LogP contribution in [0.1, 0.15) is 45.4 Å². The van der Waals surface area contributed by atoms with E-state index in [9.17, 15) is 0 Å². The van der Waals surface area contributed by atoms with Gasteiger partial charge in [-0.1, -0.05) is 11.6 Å². The molecule has 0 aromatic rings. The van der Waals surface area contributed by atoms with Gasteiger partial charge in [-0.25, -0.2) is 0 Å². The van der Waals surface area contributed by atoms with Gasteiger partial charge in [0, 0.05) is 12.3 Å². The zero-order valence-corrected chi connectivity index (χ0v) is 10.7. The number of allylic oxidation sites excluding steroid dienone is 2. The number of ether oxygens (including phenoxy) is 2. The van der Waals surface area contributed by atoms with Crippen LogP contribution in [0.5, 0.6) is 0 Å². The second-order valence-electron chi connectivity index (χ2n) is 6.46. The summed E-state index contributed by atoms with van der Waals surface area (Å²) in [5.74, 6) is 1.39. The molecule has 17 heavy (non-hydrogen) atoms. The number of hydrogen-bond acceptors (Lipinski definition) is 2. The Balaban J connectivity index is 1.70. The lowest BCUT2D eigenvalue weighted by molar-refractivity contribution is -0.212. The molecule has 3 aliphatic carbocycles. The fourth-order valence-electron chi connectivity index (χ4n) is 5.13. The van der Waals surface area contributed by atoms with Gasteiger partial charge in [0.15, 0.2) is 5.79 Å². The second-order valence-corrected chi connectivity index (χ2v) is 6.46. The molecule has 4 aliphatic rings. The third-order valence-electron chi connectivity index (χ3n) is 6.03. The molecule has 0 unspecified atom stereocenters. The molecule has 2 nitrogen and oxygen atoms in total. The Hall–Kier alpha value is -0.340. The quantitative estimate of drug-likeness (QED) is 0.599. The summed E-state index contributed by atoms with van der Waals surface area (Å²) >= 11 is 0. The van der Waals surface area contributed by atoms with Crippen LogP contribution in [-0.2, 0) is 9.47 Å². The summed E-state index contributed by atoms with van der Waals surface area (Å²) in [5, 5.41) is 0. The smallest absolute Gasteiger partial charge is 0.171 e. The van der Waals surface area contributed by atoms with Crippen molar-refractivity contribution < 1.29 is 9.47 Å². The SMILES string of the molecule is CC1=CCC[C@H]2C[C@@H]3C[C@]12CCC31OCCO1. The molecule has 2 saturated carbocycles. The first-order valence-electron chi connectivity index (χ1n) is 7.20. The van der Waals surface area contributed by atoms with E-state index < -0.39 is 0 Å². The van der Waals surface area contributed by atoms with Crippen molar-refractivity contribution in [2.45, 2.75) is 51.2 Å². The molecule has 1 heterocycles. The van der Waals surface area contributed by atoms with Crippen molar-refractivity contribution >= 4 is 0 Å². The maximum atomic E-state index is 6.01. The Kier molecular flexibility index (Phi) is 2.09. The predicted molar refractivity (Wildman–Crippen MR) is 65.5 cm³/mol. The predicted octanol–water partition coefficient (Wildman–Crippen LogP) is 3.28. The van der Waals surface area contributed by atoms with Crippen LogP contribution in [0.15, 0.2) is 11.6 Å². The monoisotopic (exact) mass is 234 g/mol. The van der Waals surface area contributed by atoms with E-state index >= 15 is 0 Å². The van der Waals surface area contributed by atoms with Gasteiger partial charge in [-0.3, -0.25) is 0 Å². The maximum Gasteiger partial charge on any atom is 0.171 e. The van der Waals surface area contributed by atoms with Crippen molar-refractivity contribution in [3.05, 3.63) is 11.6 Å². The molecule has 0 aromatic carbocycles. The van der Waals surface area contributed by atoms with Crippen LogP contribution in [0.4, 0.5) is 0 Å². The normalized spacial score (nSPS) is 47.0. The first-order chi connectivity index (χ1) is 8.25. The van der Waals surface area contributed by atoms with Crippen LogP contribution >= 0.6 is 0 Å². The van der Waals surface area contributed by atoms with Gasteiger partial charge in [0.25, 0.3) is 0 Å². The van der Waals surface area contributed by atoms with Crippen molar-refractivity contribution in [1.82, 2.24) is 0 Å². The van der Waals surface area contributed by atoms with E-state index in [2.05, 4.69) is 13.0 Å². The third kappa shape index (κ3) is 1.23. The molecule has 1 saturated heterocycles. The van der Waals surface area contributed by atoms with Crippen molar-refractivity contribution in [1.29, 1.82) is 0 Å². The molecule has 94 valence electrons. The van der Waals surface area contributed by atoms with E-state index in [1.54, 1.807) is 5.57 Å². The first kappa shape index (κ1) is 10.6. The molecule has 4 rings (SSSR count). The van der Waals surface area contributed by atoms with Crippen molar-refractivity contribution in [3.63, 3.8) is 0 Å². The minimum atomic E-state index is -0.178. The molecule has 0 radical (unpaired) electrons. The Morgan fingerprint density at radius 2 is 2.00 bits per heavy atom. The van der Waals surface area contributed by atoms with Gasteiger partial charge in [0.1, 0.15) is 0 Å². The van der Waals surface area contributed by atoms with Gasteiger partial charge in [-0.2, -0.15) is 0 Å². The lowest BCUT2D eigenvalue weighted by atomic mass is 9.62. The third-order valence-corrected chi connectivity index (χ3v) is 6.03. The zero-order valence-electron chi connectivity index (χ0n) is 10.7. The summed E-state index contributed by atoms with van der Waals surface area (Å²) in [7, 11) is 0. The van der Waals surface area contributed by atoms with Crippen LogP contribution in [0.3, 0.4) is 0 Å². The second kappa shape index (κ2) is 3.36. The van der Waals surface area contributed by atoms with Gasteiger partial charge in [0.2, 0.25) is 0 Å². The van der Waals surface area contributed by atoms with Crippen molar-refractivity contribution in [2.24, 2.45) is 17.3 Å². The molecule has 2 bridgehead atoms. The lowest BCUT2D eigenvalue weighted by Crippen LogP contribution is -2.44. The fraction of sp³-hybridized carbons (Fsp3) is 0.867. The molecule has 3 fully saturated rings. The van der Waals surface area contributed by atoms with E-state index in [1.165, 1.54) is 32.1 Å². The van der Waals surface area contributed by atoms with E-state index in [1.807, 2.05) is 0 Å². The standard InChI is InChI=1S/C15H22O2/c1-11-3-2-4-12-9-13-10-14(11,12)5-6-15(13)16-7-8-17-15/h3,12-13H,2,4-10H2,1H3/t12-,13+,14+/m0/s1. The van der Waals surface area contributed by atoms with Crippen molar-refractivity contribution in [3.8, 4) is 0 Å². The summed E-state index contributed by atoms with van der Waals surface area (Å²) in [6, 6.07) is 0. The van der Waals surface area contributed by atoms with E-state index in [0.29, 0.717) is 11.3 Å². The molecule has 0 N–H and O–H groups in total. The van der Waals surface area contributed by atoms with Gasteiger partial charge >= 0.3 is 0 Å². The van der Waals surface area contributed by atoms with Gasteiger partial charge in [-0.15, -0.1) is 0 Å². The van der Waals surface area contributed by atoms with Crippen LogP contribution < -0.4 is 0 Å². The minimum Gasteiger partial charge on any atom is -0.347 e. The van der Waals surface area contributed by atoms with Crippen molar-refractivity contribution in [2.75, 3.05) is 13.2 Å². The molecule has 2 spiro atoms. The number of rotatable bonds is 0. The van der Waals surface area contributed by atoms with Crippen LogP contribution in [-0.4, -0.2) is 19.0 Å². The Labute approximate surface area is 103 Å². The topological polar surface area (TPSA) is 18.5 Å². The molecule has 3 atom stereocenters. The van der Waals surface area contributed by atoms with E-state index in [0.717, 1.165) is 25.6 Å². The highest BCUT2D eigenvalue weighted by molar-refractivity contribution is 5.24. The largest absolute Gasteiger partial charge is 0.347 e. The molecular formula is C15H22O2. The zero-order chi connectivity index (χ0) is 11.5.